The number of hydrogen-bond donors (Lipinski definition) is 0. The van der Waals surface area contributed by atoms with E-state index in [0.717, 1.165) is 9.87 Å². The summed E-state index contributed by atoms with van der Waals surface area (Å²) < 4.78 is 41.2. The number of benzene rings is 1. The fraction of sp³-hybridized carbons (Fsp3) is 0.308. The average molecular weight is 297 g/mol. The van der Waals surface area contributed by atoms with Crippen LogP contribution >= 0.6 is 0 Å². The summed E-state index contributed by atoms with van der Waals surface area (Å²) >= 11 is 0. The van der Waals surface area contributed by atoms with Gasteiger partial charge in [-0.3, -0.25) is 4.68 Å². The molecule has 0 aliphatic heterocycles. The quantitative estimate of drug-likeness (QED) is 0.863. The molecule has 1 heterocycles. The summed E-state index contributed by atoms with van der Waals surface area (Å²) in [5, 5.41) is 3.98. The highest BCUT2D eigenvalue weighted by Crippen LogP contribution is 2.21. The van der Waals surface area contributed by atoms with Crippen LogP contribution in [0.15, 0.2) is 35.5 Å². The highest BCUT2D eigenvalue weighted by atomic mass is 32.2. The largest absolute Gasteiger partial charge is 0.275 e. The van der Waals surface area contributed by atoms with Gasteiger partial charge in [-0.1, -0.05) is 6.07 Å². The van der Waals surface area contributed by atoms with Gasteiger partial charge in [0.25, 0.3) is 0 Å². The van der Waals surface area contributed by atoms with E-state index in [1.54, 1.807) is 31.0 Å². The third-order valence-electron chi connectivity index (χ3n) is 2.94. The van der Waals surface area contributed by atoms with Gasteiger partial charge in [0.2, 0.25) is 10.0 Å². The molecule has 1 aromatic carbocycles. The lowest BCUT2D eigenvalue weighted by molar-refractivity contribution is 0.459. The normalized spacial score (nSPS) is 12.1. The monoisotopic (exact) mass is 297 g/mol. The first-order valence-electron chi connectivity index (χ1n) is 6.01. The zero-order chi connectivity index (χ0) is 14.9. The van der Waals surface area contributed by atoms with Gasteiger partial charge in [0.05, 0.1) is 6.20 Å². The molecule has 0 unspecified atom stereocenters. The third kappa shape index (κ3) is 2.88. The van der Waals surface area contributed by atoms with Crippen LogP contribution in [0.4, 0.5) is 4.39 Å². The Hall–Kier alpha value is -1.73. The first-order valence-corrected chi connectivity index (χ1v) is 7.45. The number of aromatic nitrogens is 2. The van der Waals surface area contributed by atoms with Crippen molar-refractivity contribution in [3.8, 4) is 0 Å². The summed E-state index contributed by atoms with van der Waals surface area (Å²) in [6, 6.07) is 4.04. The zero-order valence-corrected chi connectivity index (χ0v) is 12.4. The third-order valence-corrected chi connectivity index (χ3v) is 4.76. The van der Waals surface area contributed by atoms with Crippen LogP contribution in [0.2, 0.25) is 0 Å². The van der Waals surface area contributed by atoms with E-state index in [1.165, 1.54) is 25.2 Å². The summed E-state index contributed by atoms with van der Waals surface area (Å²) in [5.74, 6) is -0.742. The van der Waals surface area contributed by atoms with Gasteiger partial charge in [-0.2, -0.15) is 9.40 Å². The molecule has 0 amide bonds. The van der Waals surface area contributed by atoms with Gasteiger partial charge in [0.1, 0.15) is 10.7 Å². The van der Waals surface area contributed by atoms with Crippen molar-refractivity contribution in [1.29, 1.82) is 0 Å². The molecule has 108 valence electrons. The lowest BCUT2D eigenvalue weighted by Crippen LogP contribution is -2.27. The Morgan fingerprint density at radius 1 is 1.40 bits per heavy atom. The zero-order valence-electron chi connectivity index (χ0n) is 11.5. The molecule has 0 aliphatic carbocycles. The lowest BCUT2D eigenvalue weighted by atomic mass is 10.2. The fourth-order valence-corrected chi connectivity index (χ4v) is 3.18. The minimum Gasteiger partial charge on any atom is -0.275 e. The van der Waals surface area contributed by atoms with Crippen LogP contribution in [0.1, 0.15) is 11.1 Å². The summed E-state index contributed by atoms with van der Waals surface area (Å²) in [5.41, 5.74) is 1.44. The number of sulfonamides is 1. The van der Waals surface area contributed by atoms with Crippen molar-refractivity contribution in [2.45, 2.75) is 18.4 Å². The smallest absolute Gasteiger partial charge is 0.246 e. The molecule has 20 heavy (non-hydrogen) atoms. The van der Waals surface area contributed by atoms with Crippen LogP contribution < -0.4 is 0 Å². The summed E-state index contributed by atoms with van der Waals surface area (Å²) in [6.45, 7) is 1.86. The molecule has 0 spiro atoms. The number of halogens is 1. The maximum atomic E-state index is 13.7. The molecule has 1 aromatic heterocycles. The van der Waals surface area contributed by atoms with Gasteiger partial charge >= 0.3 is 0 Å². The summed E-state index contributed by atoms with van der Waals surface area (Å²) in [4.78, 5) is -0.302. The molecule has 0 aliphatic rings. The van der Waals surface area contributed by atoms with Crippen LogP contribution in [0.3, 0.4) is 0 Å². The number of rotatable bonds is 4. The van der Waals surface area contributed by atoms with Crippen molar-refractivity contribution in [1.82, 2.24) is 14.1 Å². The second-order valence-electron chi connectivity index (χ2n) is 4.72. The van der Waals surface area contributed by atoms with E-state index in [9.17, 15) is 12.8 Å². The van der Waals surface area contributed by atoms with Crippen molar-refractivity contribution in [3.05, 3.63) is 47.5 Å². The molecule has 0 saturated carbocycles. The molecule has 7 heteroatoms. The minimum absolute atomic E-state index is 0.142. The second kappa shape index (κ2) is 5.34. The molecule has 0 fully saturated rings. The van der Waals surface area contributed by atoms with Crippen LogP contribution in [0.25, 0.3) is 0 Å². The average Bonchev–Trinajstić information content (AvgIpc) is 2.77. The Bertz CT molecular complexity index is 725. The van der Waals surface area contributed by atoms with Crippen molar-refractivity contribution in [2.75, 3.05) is 7.05 Å². The van der Waals surface area contributed by atoms with Gasteiger partial charge in [-0.05, 0) is 24.6 Å². The molecule has 0 N–H and O–H groups in total. The molecular formula is C13H16FN3O2S. The lowest BCUT2D eigenvalue weighted by Gasteiger charge is -2.17. The van der Waals surface area contributed by atoms with E-state index in [0.29, 0.717) is 5.56 Å². The first kappa shape index (κ1) is 14.7. The van der Waals surface area contributed by atoms with E-state index < -0.39 is 15.8 Å². The van der Waals surface area contributed by atoms with Crippen molar-refractivity contribution >= 4 is 10.0 Å². The molecule has 0 bridgehead atoms. The van der Waals surface area contributed by atoms with Crippen molar-refractivity contribution < 1.29 is 12.8 Å². The van der Waals surface area contributed by atoms with Gasteiger partial charge < -0.3 is 0 Å². The van der Waals surface area contributed by atoms with Crippen LogP contribution in [0, 0.1) is 12.7 Å². The summed E-state index contributed by atoms with van der Waals surface area (Å²) in [6.07, 6.45) is 3.30. The predicted molar refractivity (Wildman–Crippen MR) is 73.0 cm³/mol. The fourth-order valence-electron chi connectivity index (χ4n) is 1.87. The van der Waals surface area contributed by atoms with Crippen molar-refractivity contribution in [2.24, 2.45) is 7.05 Å². The van der Waals surface area contributed by atoms with Crippen molar-refractivity contribution in [3.63, 3.8) is 0 Å². The Morgan fingerprint density at radius 2 is 2.10 bits per heavy atom. The molecule has 0 radical (unpaired) electrons. The predicted octanol–water partition coefficient (Wildman–Crippen LogP) is 1.69. The molecule has 0 saturated heterocycles. The molecule has 5 nitrogen and oxygen atoms in total. The highest BCUT2D eigenvalue weighted by Gasteiger charge is 2.24. The van der Waals surface area contributed by atoms with Crippen LogP contribution in [-0.4, -0.2) is 29.6 Å². The van der Waals surface area contributed by atoms with E-state index >= 15 is 0 Å². The van der Waals surface area contributed by atoms with E-state index in [4.69, 9.17) is 0 Å². The van der Waals surface area contributed by atoms with E-state index in [-0.39, 0.29) is 11.4 Å². The van der Waals surface area contributed by atoms with Gasteiger partial charge in [0.15, 0.2) is 0 Å². The number of hydrogen-bond acceptors (Lipinski definition) is 3. The molecule has 2 aromatic rings. The van der Waals surface area contributed by atoms with E-state index in [1.807, 2.05) is 0 Å². The molecular weight excluding hydrogens is 281 g/mol. The second-order valence-corrected chi connectivity index (χ2v) is 6.73. The standard InChI is InChI=1S/C13H16FN3O2S/c1-10-4-5-12(14)13(6-10)20(18,19)17(3)9-11-7-15-16(2)8-11/h4-8H,9H2,1-3H3. The maximum absolute atomic E-state index is 13.7. The molecule has 2 rings (SSSR count). The van der Waals surface area contributed by atoms with Crippen LogP contribution in [-0.2, 0) is 23.6 Å². The summed E-state index contributed by atoms with van der Waals surface area (Å²) in [7, 11) is -0.691. The Morgan fingerprint density at radius 3 is 2.70 bits per heavy atom. The Balaban J connectivity index is 2.32. The highest BCUT2D eigenvalue weighted by molar-refractivity contribution is 7.89. The first-order chi connectivity index (χ1) is 9.30. The van der Waals surface area contributed by atoms with E-state index in [2.05, 4.69) is 5.10 Å². The minimum atomic E-state index is -3.86. The number of nitrogens with zero attached hydrogens (tertiary/aromatic N) is 3. The molecule has 0 atom stereocenters. The van der Waals surface area contributed by atoms with Gasteiger partial charge in [0, 0.05) is 32.4 Å². The van der Waals surface area contributed by atoms with Gasteiger partial charge in [-0.25, -0.2) is 12.8 Å². The topological polar surface area (TPSA) is 55.2 Å². The number of aryl methyl sites for hydroxylation is 2. The maximum Gasteiger partial charge on any atom is 0.246 e. The SMILES string of the molecule is Cc1ccc(F)c(S(=O)(=O)N(C)Cc2cnn(C)c2)c1. The Kier molecular flexibility index (Phi) is 3.92. The Labute approximate surface area is 117 Å². The van der Waals surface area contributed by atoms with Gasteiger partial charge in [-0.15, -0.1) is 0 Å². The van der Waals surface area contributed by atoms with Crippen LogP contribution in [0.5, 0.6) is 0 Å².